The van der Waals surface area contributed by atoms with E-state index in [2.05, 4.69) is 41.6 Å². The van der Waals surface area contributed by atoms with Crippen LogP contribution in [0.4, 0.5) is 0 Å². The molecule has 0 aliphatic rings. The predicted octanol–water partition coefficient (Wildman–Crippen LogP) is 13.0. The number of unbranched alkanes of at least 4 members (excludes halogenated alkanes) is 32. The Balaban J connectivity index is 4.13. The molecule has 0 bridgehead atoms. The van der Waals surface area contributed by atoms with E-state index < -0.39 is 6.10 Å². The van der Waals surface area contributed by atoms with E-state index in [0.29, 0.717) is 19.6 Å². The van der Waals surface area contributed by atoms with Gasteiger partial charge in [0.1, 0.15) is 0 Å². The van der Waals surface area contributed by atoms with Crippen molar-refractivity contribution >= 4 is 5.91 Å². The van der Waals surface area contributed by atoms with Gasteiger partial charge in [0.25, 0.3) is 0 Å². The molecule has 0 saturated carbocycles. The van der Waals surface area contributed by atoms with E-state index in [1.165, 1.54) is 225 Å². The van der Waals surface area contributed by atoms with E-state index in [1.54, 1.807) is 0 Å². The lowest BCUT2D eigenvalue weighted by Crippen LogP contribution is -2.42. The Kier molecular flexibility index (Phi) is 47.1. The molecule has 0 fully saturated rings. The molecule has 6 heteroatoms. The van der Waals surface area contributed by atoms with Gasteiger partial charge in [-0.2, -0.15) is 0 Å². The first-order chi connectivity index (χ1) is 27.1. The molecule has 6 nitrogen and oxygen atoms in total. The van der Waals surface area contributed by atoms with Crippen molar-refractivity contribution in [3.8, 4) is 0 Å². The van der Waals surface area contributed by atoms with Crippen molar-refractivity contribution in [3.05, 3.63) is 0 Å². The Morgan fingerprint density at radius 1 is 0.418 bits per heavy atom. The van der Waals surface area contributed by atoms with Crippen LogP contribution in [0.15, 0.2) is 0 Å². The molecule has 55 heavy (non-hydrogen) atoms. The summed E-state index contributed by atoms with van der Waals surface area (Å²) in [7, 11) is 0. The number of rotatable bonds is 48. The second kappa shape index (κ2) is 47.7. The average Bonchev–Trinajstić information content (AvgIpc) is 3.18. The maximum Gasteiger partial charge on any atom is 0.233 e. The molecule has 0 rings (SSSR count). The third-order valence-electron chi connectivity index (χ3n) is 11.6. The van der Waals surface area contributed by atoms with Crippen LogP contribution in [0.25, 0.3) is 0 Å². The minimum Gasteiger partial charge on any atom is -0.390 e. The minimum absolute atomic E-state index is 0.0486. The molecule has 0 saturated heterocycles. The van der Waals surface area contributed by atoms with E-state index in [9.17, 15) is 9.90 Å². The van der Waals surface area contributed by atoms with Gasteiger partial charge in [0.15, 0.2) is 0 Å². The molecule has 330 valence electrons. The summed E-state index contributed by atoms with van der Waals surface area (Å²) in [5.74, 6) is 0.0486. The molecule has 0 aliphatic carbocycles. The molecule has 0 aromatic rings. The van der Waals surface area contributed by atoms with Gasteiger partial charge in [-0.1, -0.05) is 220 Å². The van der Waals surface area contributed by atoms with Crippen LogP contribution in [-0.4, -0.2) is 74.4 Å². The number of hydrogen-bond acceptors (Lipinski definition) is 5. The zero-order chi connectivity index (χ0) is 40.0. The molecule has 4 N–H and O–H groups in total. The number of aliphatic hydroxyl groups is 1. The van der Waals surface area contributed by atoms with Crippen molar-refractivity contribution in [1.29, 1.82) is 0 Å². The molecule has 1 unspecified atom stereocenters. The van der Waals surface area contributed by atoms with Gasteiger partial charge in [0, 0.05) is 19.6 Å². The van der Waals surface area contributed by atoms with Crippen molar-refractivity contribution in [2.75, 3.05) is 52.4 Å². The highest BCUT2D eigenvalue weighted by atomic mass is 16.3. The molecular formula is C49H102N4O2. The van der Waals surface area contributed by atoms with Crippen LogP contribution in [-0.2, 0) is 4.79 Å². The summed E-state index contributed by atoms with van der Waals surface area (Å²) in [6, 6.07) is 0. The smallest absolute Gasteiger partial charge is 0.233 e. The first-order valence-corrected chi connectivity index (χ1v) is 25.2. The van der Waals surface area contributed by atoms with Gasteiger partial charge in [-0.25, -0.2) is 0 Å². The molecule has 0 aromatic heterocycles. The second-order valence-electron chi connectivity index (χ2n) is 17.4. The summed E-state index contributed by atoms with van der Waals surface area (Å²) in [5.41, 5.74) is 0. The van der Waals surface area contributed by atoms with Gasteiger partial charge >= 0.3 is 0 Å². The standard InChI is InChI=1S/C49H102N4O2/c1-4-7-10-13-16-19-22-24-26-29-32-35-40-50-41-37-39-44-53(43-38-34-31-28-25-23-20-17-14-11-8-5-2)47-48(54)45-51-46-49(55)52-42-36-33-30-27-21-18-15-12-9-6-3/h48,50-51,54H,4-47H2,1-3H3,(H,52,55). The monoisotopic (exact) mass is 779 g/mol. The second-order valence-corrected chi connectivity index (χ2v) is 17.4. The predicted molar refractivity (Wildman–Crippen MR) is 244 cm³/mol. The number of carbonyl (C=O) groups excluding carboxylic acids is 1. The third kappa shape index (κ3) is 45.9. The molecule has 0 radical (unpaired) electrons. The Morgan fingerprint density at radius 2 is 0.727 bits per heavy atom. The fraction of sp³-hybridized carbons (Fsp3) is 0.980. The largest absolute Gasteiger partial charge is 0.390 e. The SMILES string of the molecule is CCCCCCCCCCCCCCNCCCCN(CCCCCCCCCCCCCC)CC(O)CNCC(=O)NCCCCCCCCCCCC. The molecule has 1 amide bonds. The maximum atomic E-state index is 12.4. The third-order valence-corrected chi connectivity index (χ3v) is 11.6. The molecular weight excluding hydrogens is 677 g/mol. The normalized spacial score (nSPS) is 12.2. The van der Waals surface area contributed by atoms with Gasteiger partial charge < -0.3 is 26.0 Å². The van der Waals surface area contributed by atoms with E-state index in [0.717, 1.165) is 39.1 Å². The topological polar surface area (TPSA) is 76.6 Å². The van der Waals surface area contributed by atoms with Crippen LogP contribution in [0.1, 0.15) is 252 Å². The molecule has 0 aliphatic heterocycles. The number of amides is 1. The zero-order valence-electron chi connectivity index (χ0n) is 38.0. The number of nitrogens with zero attached hydrogens (tertiary/aromatic N) is 1. The van der Waals surface area contributed by atoms with Crippen LogP contribution >= 0.6 is 0 Å². The van der Waals surface area contributed by atoms with E-state index >= 15 is 0 Å². The zero-order valence-corrected chi connectivity index (χ0v) is 38.0. The Labute approximate surface area is 346 Å². The first-order valence-electron chi connectivity index (χ1n) is 25.2. The van der Waals surface area contributed by atoms with Gasteiger partial charge in [0.05, 0.1) is 12.6 Å². The number of nitrogens with one attached hydrogen (secondary N) is 3. The van der Waals surface area contributed by atoms with E-state index in [1.807, 2.05) is 0 Å². The maximum absolute atomic E-state index is 12.4. The summed E-state index contributed by atoms with van der Waals surface area (Å²) in [6.07, 6.45) is 48.3. The van der Waals surface area contributed by atoms with E-state index in [-0.39, 0.29) is 5.91 Å². The van der Waals surface area contributed by atoms with Crippen molar-refractivity contribution < 1.29 is 9.90 Å². The van der Waals surface area contributed by atoms with Crippen molar-refractivity contribution in [3.63, 3.8) is 0 Å². The lowest BCUT2D eigenvalue weighted by atomic mass is 10.1. The Hall–Kier alpha value is -0.690. The van der Waals surface area contributed by atoms with Crippen molar-refractivity contribution in [1.82, 2.24) is 20.9 Å². The van der Waals surface area contributed by atoms with Gasteiger partial charge in [-0.05, 0) is 58.3 Å². The summed E-state index contributed by atoms with van der Waals surface area (Å²) in [5, 5.41) is 20.9. The Bertz CT molecular complexity index is 723. The summed E-state index contributed by atoms with van der Waals surface area (Å²) >= 11 is 0. The van der Waals surface area contributed by atoms with Crippen LogP contribution < -0.4 is 16.0 Å². The first kappa shape index (κ1) is 54.3. The van der Waals surface area contributed by atoms with Crippen LogP contribution in [0.3, 0.4) is 0 Å². The van der Waals surface area contributed by atoms with Crippen molar-refractivity contribution in [2.24, 2.45) is 0 Å². The highest BCUT2D eigenvalue weighted by Gasteiger charge is 2.12. The van der Waals surface area contributed by atoms with Crippen LogP contribution in [0.5, 0.6) is 0 Å². The lowest BCUT2D eigenvalue weighted by molar-refractivity contribution is -0.120. The lowest BCUT2D eigenvalue weighted by Gasteiger charge is -2.25. The minimum atomic E-state index is -0.448. The summed E-state index contributed by atoms with van der Waals surface area (Å²) < 4.78 is 0. The van der Waals surface area contributed by atoms with Gasteiger partial charge in [-0.15, -0.1) is 0 Å². The van der Waals surface area contributed by atoms with Crippen molar-refractivity contribution in [2.45, 2.75) is 258 Å². The van der Waals surface area contributed by atoms with Crippen LogP contribution in [0, 0.1) is 0 Å². The Morgan fingerprint density at radius 3 is 1.13 bits per heavy atom. The highest BCUT2D eigenvalue weighted by Crippen LogP contribution is 2.14. The fourth-order valence-electron chi connectivity index (χ4n) is 7.89. The molecule has 0 heterocycles. The van der Waals surface area contributed by atoms with Gasteiger partial charge in [-0.3, -0.25) is 4.79 Å². The quantitative estimate of drug-likeness (QED) is 0.0463. The highest BCUT2D eigenvalue weighted by molar-refractivity contribution is 5.77. The molecule has 1 atom stereocenters. The number of aliphatic hydroxyl groups excluding tert-OH is 1. The number of hydrogen-bond donors (Lipinski definition) is 4. The molecule has 0 aromatic carbocycles. The number of carbonyl (C=O) groups is 1. The average molecular weight is 779 g/mol. The fourth-order valence-corrected chi connectivity index (χ4v) is 7.89. The van der Waals surface area contributed by atoms with E-state index in [4.69, 9.17) is 0 Å². The van der Waals surface area contributed by atoms with Crippen LogP contribution in [0.2, 0.25) is 0 Å². The summed E-state index contributed by atoms with van der Waals surface area (Å²) in [6.45, 7) is 13.5. The molecule has 0 spiro atoms. The summed E-state index contributed by atoms with van der Waals surface area (Å²) in [4.78, 5) is 14.8. The van der Waals surface area contributed by atoms with Gasteiger partial charge in [0.2, 0.25) is 5.91 Å².